The maximum Gasteiger partial charge on any atom is 0.303 e. The van der Waals surface area contributed by atoms with Gasteiger partial charge in [0.1, 0.15) is 0 Å². The normalized spacial score (nSPS) is 13.7. The molecule has 0 aliphatic carbocycles. The molecular formula is C19H29ClN2O4. The number of rotatable bonds is 8. The summed E-state index contributed by atoms with van der Waals surface area (Å²) in [7, 11) is 0. The average Bonchev–Trinajstić information content (AvgIpc) is 2.62. The molecular weight excluding hydrogens is 356 g/mol. The van der Waals surface area contributed by atoms with Crippen LogP contribution in [-0.2, 0) is 16.0 Å². The van der Waals surface area contributed by atoms with Crippen molar-refractivity contribution in [1.29, 1.82) is 0 Å². The Balaban J connectivity index is 0.000000359. The lowest BCUT2D eigenvalue weighted by molar-refractivity contribution is -0.143. The summed E-state index contributed by atoms with van der Waals surface area (Å²) in [5.41, 5.74) is 8.05. The highest BCUT2D eigenvalue weighted by Gasteiger charge is 2.13. The van der Waals surface area contributed by atoms with E-state index in [0.29, 0.717) is 0 Å². The first-order valence-corrected chi connectivity index (χ1v) is 9.49. The largest absolute Gasteiger partial charge is 0.481 e. The van der Waals surface area contributed by atoms with E-state index in [1.165, 1.54) is 30.5 Å². The van der Waals surface area contributed by atoms with Crippen LogP contribution in [0.25, 0.3) is 0 Å². The Morgan fingerprint density at radius 2 is 1.65 bits per heavy atom. The third kappa shape index (κ3) is 9.06. The predicted molar refractivity (Wildman–Crippen MR) is 104 cm³/mol. The molecule has 146 valence electrons. The highest BCUT2D eigenvalue weighted by Crippen LogP contribution is 2.29. The number of nitrogens with zero attached hydrogens (tertiary/aromatic N) is 1. The van der Waals surface area contributed by atoms with Gasteiger partial charge in [0.2, 0.25) is 0 Å². The van der Waals surface area contributed by atoms with Crippen molar-refractivity contribution < 1.29 is 19.8 Å². The van der Waals surface area contributed by atoms with Gasteiger partial charge in [0.05, 0.1) is 23.6 Å². The van der Waals surface area contributed by atoms with Crippen molar-refractivity contribution in [2.75, 3.05) is 24.5 Å². The van der Waals surface area contributed by atoms with Crippen LogP contribution < -0.4 is 10.6 Å². The molecule has 1 aliphatic rings. The molecule has 0 saturated carbocycles. The molecule has 0 amide bonds. The van der Waals surface area contributed by atoms with Gasteiger partial charge in [-0.25, -0.2) is 0 Å². The van der Waals surface area contributed by atoms with E-state index >= 15 is 0 Å². The fraction of sp³-hybridized carbons (Fsp3) is 0.579. The number of unbranched alkanes of at least 4 members (excludes halogenated alkanes) is 1. The van der Waals surface area contributed by atoms with Gasteiger partial charge in [-0.1, -0.05) is 17.7 Å². The lowest BCUT2D eigenvalue weighted by Gasteiger charge is -2.29. The molecule has 0 bridgehead atoms. The molecule has 1 saturated heterocycles. The molecule has 2 rings (SSSR count). The Hall–Kier alpha value is -1.79. The monoisotopic (exact) mass is 384 g/mol. The van der Waals surface area contributed by atoms with E-state index in [1.54, 1.807) is 0 Å². The van der Waals surface area contributed by atoms with E-state index < -0.39 is 11.9 Å². The van der Waals surface area contributed by atoms with E-state index in [2.05, 4.69) is 23.1 Å². The van der Waals surface area contributed by atoms with Crippen LogP contribution in [0.5, 0.6) is 0 Å². The van der Waals surface area contributed by atoms with Crippen molar-refractivity contribution in [1.82, 2.24) is 0 Å². The minimum Gasteiger partial charge on any atom is -0.481 e. The second-order valence-electron chi connectivity index (χ2n) is 6.37. The molecule has 4 N–H and O–H groups in total. The number of carbonyl (C=O) groups is 2. The number of nitrogens with two attached hydrogens (primary N) is 1. The van der Waals surface area contributed by atoms with Crippen LogP contribution in [0.4, 0.5) is 5.69 Å². The highest BCUT2D eigenvalue weighted by molar-refractivity contribution is 6.33. The Morgan fingerprint density at radius 3 is 2.15 bits per heavy atom. The number of anilines is 1. The third-order valence-corrected chi connectivity index (χ3v) is 4.48. The van der Waals surface area contributed by atoms with E-state index in [1.807, 2.05) is 0 Å². The van der Waals surface area contributed by atoms with Crippen molar-refractivity contribution >= 4 is 29.2 Å². The minimum atomic E-state index is -1.08. The van der Waals surface area contributed by atoms with E-state index in [4.69, 9.17) is 27.5 Å². The quantitative estimate of drug-likeness (QED) is 0.592. The zero-order chi connectivity index (χ0) is 19.4. The molecule has 1 heterocycles. The summed E-state index contributed by atoms with van der Waals surface area (Å²) in [5.74, 6) is -2.15. The van der Waals surface area contributed by atoms with E-state index in [9.17, 15) is 9.59 Å². The predicted octanol–water partition coefficient (Wildman–Crippen LogP) is 3.55. The summed E-state index contributed by atoms with van der Waals surface area (Å²) >= 11 is 6.41. The number of benzene rings is 1. The summed E-state index contributed by atoms with van der Waals surface area (Å²) in [6.45, 7) is 3.07. The Labute approximate surface area is 159 Å². The van der Waals surface area contributed by atoms with Crippen LogP contribution in [0.3, 0.4) is 0 Å². The van der Waals surface area contributed by atoms with Gasteiger partial charge in [-0.3, -0.25) is 9.59 Å². The first-order chi connectivity index (χ1) is 12.4. The van der Waals surface area contributed by atoms with Gasteiger partial charge < -0.3 is 20.8 Å². The summed E-state index contributed by atoms with van der Waals surface area (Å²) in [6, 6.07) is 6.53. The molecule has 1 fully saturated rings. The van der Waals surface area contributed by atoms with Crippen LogP contribution in [-0.4, -0.2) is 41.8 Å². The number of piperidine rings is 1. The van der Waals surface area contributed by atoms with Crippen molar-refractivity contribution in [3.05, 3.63) is 28.8 Å². The Bertz CT molecular complexity index is 561. The third-order valence-electron chi connectivity index (χ3n) is 4.18. The van der Waals surface area contributed by atoms with E-state index in [0.717, 1.165) is 43.9 Å². The zero-order valence-corrected chi connectivity index (χ0v) is 15.9. The number of hydrogen-bond donors (Lipinski definition) is 3. The lowest BCUT2D eigenvalue weighted by atomic mass is 10.1. The molecule has 0 spiro atoms. The lowest BCUT2D eigenvalue weighted by Crippen LogP contribution is -2.29. The second kappa shape index (κ2) is 12.5. The minimum absolute atomic E-state index is 0.296. The first-order valence-electron chi connectivity index (χ1n) is 9.11. The van der Waals surface area contributed by atoms with Gasteiger partial charge in [0.25, 0.3) is 0 Å². The topological polar surface area (TPSA) is 104 Å². The van der Waals surface area contributed by atoms with Gasteiger partial charge in [-0.2, -0.15) is 0 Å². The SMILES string of the molecule is NCCCCc1ccc(N2CCCCC2)c(Cl)c1.O=C(O)CCC(=O)O. The Morgan fingerprint density at radius 1 is 1.04 bits per heavy atom. The van der Waals surface area contributed by atoms with Crippen molar-refractivity contribution in [3.63, 3.8) is 0 Å². The number of aliphatic carboxylic acids is 2. The number of halogens is 1. The summed E-state index contributed by atoms with van der Waals surface area (Å²) < 4.78 is 0. The van der Waals surface area contributed by atoms with Gasteiger partial charge in [-0.05, 0) is 62.8 Å². The van der Waals surface area contributed by atoms with Gasteiger partial charge in [0.15, 0.2) is 0 Å². The molecule has 1 aromatic carbocycles. The molecule has 1 aromatic rings. The molecule has 0 unspecified atom stereocenters. The van der Waals surface area contributed by atoms with Crippen LogP contribution in [0, 0.1) is 0 Å². The maximum atomic E-state index is 9.64. The standard InChI is InChI=1S/C15H23ClN2.C4H6O4/c16-14-12-13(6-2-3-9-17)7-8-15(14)18-10-4-1-5-11-18;5-3(6)1-2-4(7)8/h7-8,12H,1-6,9-11,17H2;1-2H2,(H,5,6)(H,7,8). The molecule has 0 atom stereocenters. The zero-order valence-electron chi connectivity index (χ0n) is 15.1. The van der Waals surface area contributed by atoms with Crippen LogP contribution in [0.1, 0.15) is 50.5 Å². The maximum absolute atomic E-state index is 9.64. The van der Waals surface area contributed by atoms with E-state index in [-0.39, 0.29) is 12.8 Å². The smallest absolute Gasteiger partial charge is 0.303 e. The Kier molecular flexibility index (Phi) is 10.7. The van der Waals surface area contributed by atoms with Crippen molar-refractivity contribution in [3.8, 4) is 0 Å². The average molecular weight is 385 g/mol. The van der Waals surface area contributed by atoms with Gasteiger partial charge in [-0.15, -0.1) is 0 Å². The molecule has 6 nitrogen and oxygen atoms in total. The molecule has 26 heavy (non-hydrogen) atoms. The van der Waals surface area contributed by atoms with Gasteiger partial charge >= 0.3 is 11.9 Å². The molecule has 1 aliphatic heterocycles. The number of hydrogen-bond acceptors (Lipinski definition) is 4. The number of aryl methyl sites for hydroxylation is 1. The second-order valence-corrected chi connectivity index (χ2v) is 6.77. The molecule has 0 radical (unpaired) electrons. The summed E-state index contributed by atoms with van der Waals surface area (Å²) in [6.07, 6.45) is 6.65. The summed E-state index contributed by atoms with van der Waals surface area (Å²) in [4.78, 5) is 21.7. The number of carboxylic acids is 2. The van der Waals surface area contributed by atoms with Crippen LogP contribution in [0.15, 0.2) is 18.2 Å². The van der Waals surface area contributed by atoms with Crippen molar-refractivity contribution in [2.45, 2.75) is 51.4 Å². The van der Waals surface area contributed by atoms with Crippen LogP contribution in [0.2, 0.25) is 5.02 Å². The summed E-state index contributed by atoms with van der Waals surface area (Å²) in [5, 5.41) is 16.7. The fourth-order valence-corrected chi connectivity index (χ4v) is 3.11. The fourth-order valence-electron chi connectivity index (χ4n) is 2.78. The van der Waals surface area contributed by atoms with Gasteiger partial charge in [0, 0.05) is 13.1 Å². The van der Waals surface area contributed by atoms with Crippen molar-refractivity contribution in [2.24, 2.45) is 5.73 Å². The first kappa shape index (κ1) is 22.3. The molecule has 7 heteroatoms. The highest BCUT2D eigenvalue weighted by atomic mass is 35.5. The van der Waals surface area contributed by atoms with Crippen LogP contribution >= 0.6 is 11.6 Å². The molecule has 0 aromatic heterocycles. The number of carboxylic acid groups (broad SMARTS) is 2.